The summed E-state index contributed by atoms with van der Waals surface area (Å²) in [5.74, 6) is -3.84. The minimum Gasteiger partial charge on any atom is -0.429 e. The smallest absolute Gasteiger partial charge is 0.429 e. The Morgan fingerprint density at radius 1 is 0.969 bits per heavy atom. The van der Waals surface area contributed by atoms with E-state index in [4.69, 9.17) is 5.26 Å². The van der Waals surface area contributed by atoms with Crippen LogP contribution in [0.1, 0.15) is 80.9 Å². The first kappa shape index (κ1) is 24.0. The number of benzene rings is 2. The van der Waals surface area contributed by atoms with E-state index in [0.29, 0.717) is 23.6 Å². The van der Waals surface area contributed by atoms with Crippen LogP contribution in [-0.4, -0.2) is 0 Å². The molecule has 0 spiro atoms. The van der Waals surface area contributed by atoms with Crippen LogP contribution in [0.5, 0.6) is 5.75 Å². The molecule has 2 nitrogen and oxygen atoms in total. The lowest BCUT2D eigenvalue weighted by atomic mass is 9.77. The highest BCUT2D eigenvalue weighted by atomic mass is 19.3. The van der Waals surface area contributed by atoms with Crippen LogP contribution in [-0.2, 0) is 6.11 Å². The molecule has 0 amide bonds. The molecule has 0 aromatic heterocycles. The van der Waals surface area contributed by atoms with Gasteiger partial charge >= 0.3 is 6.11 Å². The highest BCUT2D eigenvalue weighted by Gasteiger charge is 2.38. The van der Waals surface area contributed by atoms with Gasteiger partial charge in [0.25, 0.3) is 0 Å². The molecule has 7 heteroatoms. The number of ether oxygens (including phenoxy) is 1. The summed E-state index contributed by atoms with van der Waals surface area (Å²) in [5.41, 5.74) is -1.25. The van der Waals surface area contributed by atoms with Gasteiger partial charge in [-0.05, 0) is 55.2 Å². The number of nitriles is 1. The number of hydrogen-bond donors (Lipinski definition) is 0. The number of unbranched alkanes of at least 4 members (excludes halogenated alkanes) is 2. The van der Waals surface area contributed by atoms with Crippen LogP contribution in [0.25, 0.3) is 0 Å². The Morgan fingerprint density at radius 3 is 2.19 bits per heavy atom. The van der Waals surface area contributed by atoms with Crippen molar-refractivity contribution in [3.8, 4) is 11.8 Å². The van der Waals surface area contributed by atoms with E-state index in [1.165, 1.54) is 37.8 Å². The molecule has 2 aromatic rings. The molecule has 0 saturated heterocycles. The average molecular weight is 451 g/mol. The third-order valence-corrected chi connectivity index (χ3v) is 6.21. The lowest BCUT2D eigenvalue weighted by Crippen LogP contribution is -2.24. The van der Waals surface area contributed by atoms with Gasteiger partial charge in [0.2, 0.25) is 0 Å². The summed E-state index contributed by atoms with van der Waals surface area (Å²) in [6, 6.07) is 5.78. The quantitative estimate of drug-likeness (QED) is 0.301. The molecule has 0 bridgehead atoms. The number of alkyl halides is 2. The fraction of sp³-hybridized carbons (Fsp3) is 0.480. The summed E-state index contributed by atoms with van der Waals surface area (Å²) in [6.07, 6.45) is 4.57. The first-order valence-corrected chi connectivity index (χ1v) is 11.0. The van der Waals surface area contributed by atoms with Crippen molar-refractivity contribution in [3.63, 3.8) is 0 Å². The van der Waals surface area contributed by atoms with Crippen molar-refractivity contribution < 1.29 is 26.7 Å². The zero-order valence-electron chi connectivity index (χ0n) is 17.9. The average Bonchev–Trinajstić information content (AvgIpc) is 2.73. The van der Waals surface area contributed by atoms with Crippen LogP contribution in [0.2, 0.25) is 0 Å². The topological polar surface area (TPSA) is 33.0 Å². The van der Waals surface area contributed by atoms with E-state index >= 15 is 0 Å². The Morgan fingerprint density at radius 2 is 1.62 bits per heavy atom. The van der Waals surface area contributed by atoms with E-state index in [1.807, 2.05) is 0 Å². The molecule has 0 unspecified atom stereocenters. The largest absolute Gasteiger partial charge is 0.429 e. The minimum atomic E-state index is -4.15. The fourth-order valence-electron chi connectivity index (χ4n) is 4.41. The van der Waals surface area contributed by atoms with E-state index in [9.17, 15) is 22.0 Å². The van der Waals surface area contributed by atoms with Crippen molar-refractivity contribution in [1.29, 1.82) is 5.26 Å². The van der Waals surface area contributed by atoms with Crippen LogP contribution in [0, 0.1) is 34.7 Å². The second-order valence-corrected chi connectivity index (χ2v) is 8.45. The summed E-state index contributed by atoms with van der Waals surface area (Å²) in [4.78, 5) is 0. The van der Waals surface area contributed by atoms with Gasteiger partial charge in [0.1, 0.15) is 34.8 Å². The Bertz CT molecular complexity index is 954. The van der Waals surface area contributed by atoms with Gasteiger partial charge in [-0.15, -0.1) is 0 Å². The number of halogens is 5. The second kappa shape index (κ2) is 10.3. The van der Waals surface area contributed by atoms with Crippen LogP contribution < -0.4 is 4.74 Å². The molecule has 0 N–H and O–H groups in total. The second-order valence-electron chi connectivity index (χ2n) is 8.45. The van der Waals surface area contributed by atoms with Crippen molar-refractivity contribution in [2.75, 3.05) is 0 Å². The lowest BCUT2D eigenvalue weighted by Gasteiger charge is -2.29. The molecule has 2 aromatic carbocycles. The summed E-state index contributed by atoms with van der Waals surface area (Å²) >= 11 is 0. The van der Waals surface area contributed by atoms with E-state index < -0.39 is 40.4 Å². The van der Waals surface area contributed by atoms with Crippen LogP contribution in [0.4, 0.5) is 22.0 Å². The van der Waals surface area contributed by atoms with Crippen molar-refractivity contribution in [2.45, 2.75) is 70.3 Å². The Labute approximate surface area is 185 Å². The van der Waals surface area contributed by atoms with Gasteiger partial charge < -0.3 is 4.74 Å². The SMILES string of the molecule is CCCCCC1CCC(c2ccc(C(F)(F)Oc3cc(F)c(C#N)c(F)c3)c(F)c2)CC1. The van der Waals surface area contributed by atoms with Gasteiger partial charge in [-0.2, -0.15) is 14.0 Å². The van der Waals surface area contributed by atoms with Crippen molar-refractivity contribution >= 4 is 0 Å². The molecule has 1 aliphatic rings. The molecular formula is C25H26F5NO. The van der Waals surface area contributed by atoms with Crippen molar-refractivity contribution in [2.24, 2.45) is 5.92 Å². The first-order valence-electron chi connectivity index (χ1n) is 11.0. The zero-order chi connectivity index (χ0) is 23.3. The fourth-order valence-corrected chi connectivity index (χ4v) is 4.41. The normalized spacial score (nSPS) is 18.9. The van der Waals surface area contributed by atoms with Gasteiger partial charge in [-0.3, -0.25) is 0 Å². The lowest BCUT2D eigenvalue weighted by molar-refractivity contribution is -0.187. The van der Waals surface area contributed by atoms with Crippen molar-refractivity contribution in [1.82, 2.24) is 0 Å². The van der Waals surface area contributed by atoms with Gasteiger partial charge in [0.15, 0.2) is 0 Å². The molecule has 32 heavy (non-hydrogen) atoms. The maximum Gasteiger partial charge on any atom is 0.429 e. The van der Waals surface area contributed by atoms with E-state index in [-0.39, 0.29) is 5.92 Å². The highest BCUT2D eigenvalue weighted by Crippen LogP contribution is 2.40. The predicted molar refractivity (Wildman–Crippen MR) is 111 cm³/mol. The summed E-state index contributed by atoms with van der Waals surface area (Å²) in [5, 5.41) is 8.66. The highest BCUT2D eigenvalue weighted by molar-refractivity contribution is 5.38. The molecule has 0 aliphatic heterocycles. The van der Waals surface area contributed by atoms with E-state index in [1.54, 1.807) is 0 Å². The van der Waals surface area contributed by atoms with Crippen LogP contribution in [0.15, 0.2) is 30.3 Å². The molecule has 172 valence electrons. The molecule has 0 atom stereocenters. The molecule has 0 radical (unpaired) electrons. The molecule has 1 aliphatic carbocycles. The van der Waals surface area contributed by atoms with Crippen LogP contribution in [0.3, 0.4) is 0 Å². The summed E-state index contributed by atoms with van der Waals surface area (Å²) < 4.78 is 75.5. The Hall–Kier alpha value is -2.62. The standard InChI is InChI=1S/C25H26F5NO/c1-2-3-4-5-16-6-8-17(9-7-16)18-10-11-21(24(28)12-18)25(29,30)32-19-13-22(26)20(15-31)23(27)14-19/h10-14,16-17H,2-9H2,1H3. The maximum absolute atomic E-state index is 14.6. The zero-order valence-corrected chi connectivity index (χ0v) is 17.9. The first-order chi connectivity index (χ1) is 15.2. The molecule has 0 heterocycles. The van der Waals surface area contributed by atoms with Gasteiger partial charge in [0, 0.05) is 12.1 Å². The Kier molecular flexibility index (Phi) is 7.76. The number of rotatable bonds is 8. The Balaban J connectivity index is 1.69. The monoisotopic (exact) mass is 451 g/mol. The number of hydrogen-bond acceptors (Lipinski definition) is 2. The van der Waals surface area contributed by atoms with Crippen molar-refractivity contribution in [3.05, 3.63) is 64.5 Å². The van der Waals surface area contributed by atoms with Gasteiger partial charge in [0.05, 0.1) is 5.56 Å². The molecule has 1 fully saturated rings. The third kappa shape index (κ3) is 5.59. The van der Waals surface area contributed by atoms with E-state index in [0.717, 1.165) is 37.8 Å². The van der Waals surface area contributed by atoms with E-state index in [2.05, 4.69) is 11.7 Å². The number of nitrogens with zero attached hydrogens (tertiary/aromatic N) is 1. The molecule has 1 saturated carbocycles. The van der Waals surface area contributed by atoms with Gasteiger partial charge in [-0.25, -0.2) is 13.2 Å². The van der Waals surface area contributed by atoms with Crippen LogP contribution >= 0.6 is 0 Å². The molecular weight excluding hydrogens is 425 g/mol. The van der Waals surface area contributed by atoms with Gasteiger partial charge in [-0.1, -0.05) is 38.7 Å². The summed E-state index contributed by atoms with van der Waals surface area (Å²) in [6.45, 7) is 2.17. The third-order valence-electron chi connectivity index (χ3n) is 6.21. The molecule has 3 rings (SSSR count). The summed E-state index contributed by atoms with van der Waals surface area (Å²) in [7, 11) is 0. The maximum atomic E-state index is 14.6. The predicted octanol–water partition coefficient (Wildman–Crippen LogP) is 7.96. The minimum absolute atomic E-state index is 0.122.